The first kappa shape index (κ1) is 19.0. The maximum absolute atomic E-state index is 13.3. The van der Waals surface area contributed by atoms with Gasteiger partial charge in [-0.2, -0.15) is 18.4 Å². The van der Waals surface area contributed by atoms with Gasteiger partial charge in [0, 0.05) is 25.1 Å². The summed E-state index contributed by atoms with van der Waals surface area (Å²) < 4.78 is 41.7. The molecule has 0 aromatic carbocycles. The molecule has 0 N–H and O–H groups in total. The average molecular weight is 375 g/mol. The molecule has 142 valence electrons. The number of nitriles is 1. The van der Waals surface area contributed by atoms with Gasteiger partial charge in [-0.1, -0.05) is 13.8 Å². The SMILES string of the molecule is CN(c1ccc(C#N)c(C(F)(F)F)n1)C1C=C(n2ccnc2)CCC1(C)C. The summed E-state index contributed by atoms with van der Waals surface area (Å²) in [5, 5.41) is 8.96. The summed E-state index contributed by atoms with van der Waals surface area (Å²) in [5.41, 5.74) is -0.736. The fraction of sp³-hybridized carbons (Fsp3) is 0.421. The van der Waals surface area contributed by atoms with E-state index in [1.54, 1.807) is 30.5 Å². The van der Waals surface area contributed by atoms with Crippen molar-refractivity contribution in [3.05, 3.63) is 48.2 Å². The van der Waals surface area contributed by atoms with Crippen molar-refractivity contribution in [3.63, 3.8) is 0 Å². The first-order chi connectivity index (χ1) is 12.6. The monoisotopic (exact) mass is 375 g/mol. The van der Waals surface area contributed by atoms with Gasteiger partial charge >= 0.3 is 6.18 Å². The molecule has 5 nitrogen and oxygen atoms in total. The van der Waals surface area contributed by atoms with Gasteiger partial charge in [-0.25, -0.2) is 9.97 Å². The number of likely N-dealkylation sites (N-methyl/N-ethyl adjacent to an activating group) is 1. The number of hydrogen-bond donors (Lipinski definition) is 0. The number of aromatic nitrogens is 3. The van der Waals surface area contributed by atoms with Crippen LogP contribution in [-0.4, -0.2) is 27.6 Å². The highest BCUT2D eigenvalue weighted by Crippen LogP contribution is 2.40. The van der Waals surface area contributed by atoms with E-state index in [0.717, 1.165) is 18.5 Å². The van der Waals surface area contributed by atoms with Crippen molar-refractivity contribution < 1.29 is 13.2 Å². The van der Waals surface area contributed by atoms with Crippen LogP contribution in [0.2, 0.25) is 0 Å². The van der Waals surface area contributed by atoms with Crippen LogP contribution in [0.5, 0.6) is 0 Å². The minimum Gasteiger partial charge on any atom is -0.353 e. The third kappa shape index (κ3) is 3.68. The number of allylic oxidation sites excluding steroid dienone is 1. The summed E-state index contributed by atoms with van der Waals surface area (Å²) in [4.78, 5) is 9.58. The van der Waals surface area contributed by atoms with Gasteiger partial charge in [0.25, 0.3) is 0 Å². The lowest BCUT2D eigenvalue weighted by Crippen LogP contribution is -2.44. The minimum atomic E-state index is -4.68. The van der Waals surface area contributed by atoms with Crippen molar-refractivity contribution >= 4 is 11.5 Å². The number of pyridine rings is 1. The Bertz CT molecular complexity index is 891. The predicted octanol–water partition coefficient (Wildman–Crippen LogP) is 4.33. The van der Waals surface area contributed by atoms with E-state index in [0.29, 0.717) is 0 Å². The molecule has 0 fully saturated rings. The highest BCUT2D eigenvalue weighted by atomic mass is 19.4. The smallest absolute Gasteiger partial charge is 0.353 e. The maximum Gasteiger partial charge on any atom is 0.434 e. The maximum atomic E-state index is 13.3. The van der Waals surface area contributed by atoms with Crippen molar-refractivity contribution in [2.45, 2.75) is 38.9 Å². The molecule has 1 atom stereocenters. The van der Waals surface area contributed by atoms with Gasteiger partial charge in [0.15, 0.2) is 5.69 Å². The third-order valence-electron chi connectivity index (χ3n) is 5.06. The Morgan fingerprint density at radius 3 is 2.67 bits per heavy atom. The van der Waals surface area contributed by atoms with Gasteiger partial charge in [0.05, 0.1) is 17.9 Å². The second kappa shape index (κ2) is 6.72. The second-order valence-electron chi connectivity index (χ2n) is 7.35. The molecule has 3 rings (SSSR count). The van der Waals surface area contributed by atoms with E-state index in [-0.39, 0.29) is 17.3 Å². The highest BCUT2D eigenvalue weighted by Gasteiger charge is 2.38. The van der Waals surface area contributed by atoms with Crippen LogP contribution in [-0.2, 0) is 6.18 Å². The zero-order chi connectivity index (χ0) is 19.8. The first-order valence-corrected chi connectivity index (χ1v) is 8.53. The van der Waals surface area contributed by atoms with Crippen LogP contribution in [0.4, 0.5) is 19.0 Å². The van der Waals surface area contributed by atoms with Crippen molar-refractivity contribution in [1.82, 2.24) is 14.5 Å². The molecule has 0 radical (unpaired) electrons. The van der Waals surface area contributed by atoms with Gasteiger partial charge in [0.1, 0.15) is 11.9 Å². The van der Waals surface area contributed by atoms with Crippen molar-refractivity contribution in [2.24, 2.45) is 5.41 Å². The van der Waals surface area contributed by atoms with Crippen LogP contribution in [0.15, 0.2) is 36.9 Å². The number of nitrogens with zero attached hydrogens (tertiary/aromatic N) is 5. The van der Waals surface area contributed by atoms with Crippen LogP contribution < -0.4 is 4.90 Å². The molecule has 2 aromatic heterocycles. The number of rotatable bonds is 3. The molecule has 2 heterocycles. The molecule has 1 aliphatic rings. The van der Waals surface area contributed by atoms with Crippen LogP contribution in [0.1, 0.15) is 37.9 Å². The molecule has 0 saturated carbocycles. The van der Waals surface area contributed by atoms with E-state index in [2.05, 4.69) is 29.9 Å². The Hall–Kier alpha value is -2.82. The molecule has 1 unspecified atom stereocenters. The molecule has 0 aliphatic heterocycles. The molecule has 0 spiro atoms. The molecule has 2 aromatic rings. The summed E-state index contributed by atoms with van der Waals surface area (Å²) in [6, 6.07) is 4.04. The predicted molar refractivity (Wildman–Crippen MR) is 95.7 cm³/mol. The highest BCUT2D eigenvalue weighted by molar-refractivity contribution is 5.54. The lowest BCUT2D eigenvalue weighted by molar-refractivity contribution is -0.141. The number of hydrogen-bond acceptors (Lipinski definition) is 4. The van der Waals surface area contributed by atoms with Gasteiger partial charge in [0.2, 0.25) is 0 Å². The normalized spacial score (nSPS) is 19.3. The summed E-state index contributed by atoms with van der Waals surface area (Å²) in [6.07, 6.45) is 4.35. The minimum absolute atomic E-state index is 0.160. The number of imidazole rings is 1. The van der Waals surface area contributed by atoms with Crippen LogP contribution in [0.3, 0.4) is 0 Å². The molecule has 0 saturated heterocycles. The molecular weight excluding hydrogens is 355 g/mol. The Balaban J connectivity index is 2.02. The summed E-state index contributed by atoms with van der Waals surface area (Å²) in [7, 11) is 1.73. The van der Waals surface area contributed by atoms with Gasteiger partial charge in [-0.05, 0) is 36.5 Å². The van der Waals surface area contributed by atoms with Crippen molar-refractivity contribution in [3.8, 4) is 6.07 Å². The first-order valence-electron chi connectivity index (χ1n) is 8.53. The lowest BCUT2D eigenvalue weighted by Gasteiger charge is -2.43. The fourth-order valence-corrected chi connectivity index (χ4v) is 3.46. The number of halogens is 3. The Morgan fingerprint density at radius 1 is 1.33 bits per heavy atom. The molecule has 27 heavy (non-hydrogen) atoms. The number of alkyl halides is 3. The molecular formula is C19H20F3N5. The Labute approximate surface area is 155 Å². The summed E-state index contributed by atoms with van der Waals surface area (Å²) >= 11 is 0. The van der Waals surface area contributed by atoms with Crippen molar-refractivity contribution in [2.75, 3.05) is 11.9 Å². The quantitative estimate of drug-likeness (QED) is 0.801. The Kier molecular flexibility index (Phi) is 4.72. The third-order valence-corrected chi connectivity index (χ3v) is 5.06. The zero-order valence-corrected chi connectivity index (χ0v) is 15.3. The number of anilines is 1. The van der Waals surface area contributed by atoms with E-state index in [4.69, 9.17) is 5.26 Å². The molecule has 0 amide bonds. The summed E-state index contributed by atoms with van der Waals surface area (Å²) in [6.45, 7) is 4.17. The topological polar surface area (TPSA) is 57.7 Å². The Morgan fingerprint density at radius 2 is 2.07 bits per heavy atom. The van der Waals surface area contributed by atoms with Crippen LogP contribution in [0.25, 0.3) is 5.70 Å². The van der Waals surface area contributed by atoms with Crippen LogP contribution >= 0.6 is 0 Å². The second-order valence-corrected chi connectivity index (χ2v) is 7.35. The fourth-order valence-electron chi connectivity index (χ4n) is 3.46. The lowest BCUT2D eigenvalue weighted by atomic mass is 9.75. The largest absolute Gasteiger partial charge is 0.434 e. The zero-order valence-electron chi connectivity index (χ0n) is 15.3. The van der Waals surface area contributed by atoms with E-state index in [1.165, 1.54) is 12.1 Å². The van der Waals surface area contributed by atoms with E-state index >= 15 is 0 Å². The van der Waals surface area contributed by atoms with Crippen LogP contribution in [0, 0.1) is 16.7 Å². The molecule has 1 aliphatic carbocycles. The average Bonchev–Trinajstić information content (AvgIpc) is 3.14. The molecule has 8 heteroatoms. The van der Waals surface area contributed by atoms with Gasteiger partial charge in [-0.3, -0.25) is 0 Å². The summed E-state index contributed by atoms with van der Waals surface area (Å²) in [5.74, 6) is 0.183. The van der Waals surface area contributed by atoms with Gasteiger partial charge in [-0.15, -0.1) is 0 Å². The van der Waals surface area contributed by atoms with E-state index < -0.39 is 17.4 Å². The standard InChI is InChI=1S/C19H20F3N5/c1-18(2)7-6-14(27-9-8-24-12-27)10-15(18)26(3)16-5-4-13(11-23)17(25-16)19(20,21)22/h4-5,8-10,12,15H,6-7H2,1-3H3. The van der Waals surface area contributed by atoms with Crippen molar-refractivity contribution in [1.29, 1.82) is 5.26 Å². The molecule has 0 bridgehead atoms. The van der Waals surface area contributed by atoms with E-state index in [9.17, 15) is 13.2 Å². The van der Waals surface area contributed by atoms with E-state index in [1.807, 2.05) is 10.8 Å². The van der Waals surface area contributed by atoms with Gasteiger partial charge < -0.3 is 9.47 Å².